The van der Waals surface area contributed by atoms with Crippen molar-refractivity contribution in [1.82, 2.24) is 0 Å². The number of esters is 1. The van der Waals surface area contributed by atoms with Crippen molar-refractivity contribution in [2.24, 2.45) is 5.41 Å². The van der Waals surface area contributed by atoms with Gasteiger partial charge in [-0.05, 0) is 11.8 Å². The van der Waals surface area contributed by atoms with E-state index in [0.29, 0.717) is 6.61 Å². The number of ether oxygens (including phenoxy) is 1. The Labute approximate surface area is 129 Å². The van der Waals surface area contributed by atoms with Gasteiger partial charge in [0.1, 0.15) is 0 Å². The Morgan fingerprint density at radius 3 is 1.95 bits per heavy atom. The van der Waals surface area contributed by atoms with E-state index in [1.165, 1.54) is 38.5 Å². The Bertz CT molecular complexity index is 297. The number of unbranched alkanes of at least 4 members (excludes halogenated alkanes) is 7. The van der Waals surface area contributed by atoms with Gasteiger partial charge >= 0.3 is 11.9 Å². The molecule has 0 heterocycles. The van der Waals surface area contributed by atoms with E-state index in [-0.39, 0.29) is 18.8 Å². The van der Waals surface area contributed by atoms with E-state index in [2.05, 4.69) is 6.92 Å². The first-order valence-electron chi connectivity index (χ1n) is 8.25. The lowest BCUT2D eigenvalue weighted by atomic mass is 9.86. The first-order valence-corrected chi connectivity index (χ1v) is 8.25. The smallest absolute Gasteiger partial charge is 0.306 e. The summed E-state index contributed by atoms with van der Waals surface area (Å²) < 4.78 is 5.17. The number of carbonyl (C=O) groups excluding carboxylic acids is 1. The lowest BCUT2D eigenvalue weighted by molar-refractivity contribution is -0.147. The van der Waals surface area contributed by atoms with Crippen molar-refractivity contribution >= 4 is 11.9 Å². The van der Waals surface area contributed by atoms with Crippen molar-refractivity contribution in [2.45, 2.75) is 85.0 Å². The number of hydrogen-bond donors (Lipinski definition) is 1. The Hall–Kier alpha value is -1.06. The van der Waals surface area contributed by atoms with Crippen molar-refractivity contribution < 1.29 is 19.4 Å². The molecule has 0 amide bonds. The summed E-state index contributed by atoms with van der Waals surface area (Å²) in [5, 5.41) is 8.76. The van der Waals surface area contributed by atoms with E-state index in [1.54, 1.807) is 13.8 Å². The molecule has 0 saturated carbocycles. The van der Waals surface area contributed by atoms with Gasteiger partial charge in [-0.25, -0.2) is 0 Å². The van der Waals surface area contributed by atoms with Crippen molar-refractivity contribution in [3.8, 4) is 0 Å². The lowest BCUT2D eigenvalue weighted by Gasteiger charge is -2.20. The van der Waals surface area contributed by atoms with E-state index >= 15 is 0 Å². The molecule has 0 aliphatic carbocycles. The molecule has 0 rings (SSSR count). The predicted molar refractivity (Wildman–Crippen MR) is 84.2 cm³/mol. The second-order valence-electron chi connectivity index (χ2n) is 6.61. The number of rotatable bonds is 13. The molecule has 0 unspecified atom stereocenters. The molecule has 0 aliphatic heterocycles. The summed E-state index contributed by atoms with van der Waals surface area (Å²) in [7, 11) is 0. The number of aliphatic carboxylic acids is 1. The molecule has 1 N–H and O–H groups in total. The molecule has 4 nitrogen and oxygen atoms in total. The summed E-state index contributed by atoms with van der Waals surface area (Å²) in [4.78, 5) is 22.3. The molecular weight excluding hydrogens is 268 g/mol. The maximum Gasteiger partial charge on any atom is 0.306 e. The molecule has 0 aromatic heterocycles. The summed E-state index contributed by atoms with van der Waals surface area (Å²) in [6, 6.07) is 0. The summed E-state index contributed by atoms with van der Waals surface area (Å²) in [6.45, 7) is 6.22. The van der Waals surface area contributed by atoms with Crippen molar-refractivity contribution in [3.05, 3.63) is 0 Å². The summed E-state index contributed by atoms with van der Waals surface area (Å²) in [6.07, 6.45) is 9.83. The van der Waals surface area contributed by atoms with Gasteiger partial charge in [0.25, 0.3) is 0 Å². The maximum atomic E-state index is 11.6. The topological polar surface area (TPSA) is 63.6 Å². The molecule has 124 valence electrons. The van der Waals surface area contributed by atoms with Crippen LogP contribution in [0.4, 0.5) is 0 Å². The summed E-state index contributed by atoms with van der Waals surface area (Å²) in [5.41, 5.74) is -0.539. The normalized spacial score (nSPS) is 11.4. The number of carboxylic acid groups (broad SMARTS) is 1. The van der Waals surface area contributed by atoms with Crippen molar-refractivity contribution in [2.75, 3.05) is 6.61 Å². The summed E-state index contributed by atoms with van der Waals surface area (Å²) in [5.74, 6) is -1.17. The first kappa shape index (κ1) is 19.9. The van der Waals surface area contributed by atoms with Crippen LogP contribution in [0.1, 0.15) is 85.0 Å². The Morgan fingerprint density at radius 2 is 1.43 bits per heavy atom. The van der Waals surface area contributed by atoms with Crippen LogP contribution in [0.5, 0.6) is 0 Å². The monoisotopic (exact) mass is 300 g/mol. The zero-order valence-electron chi connectivity index (χ0n) is 14.0. The quantitative estimate of drug-likeness (QED) is 0.400. The minimum absolute atomic E-state index is 0.0140. The Kier molecular flexibility index (Phi) is 11.0. The van der Waals surface area contributed by atoms with Gasteiger partial charge in [0.15, 0.2) is 0 Å². The number of hydrogen-bond acceptors (Lipinski definition) is 3. The molecule has 0 aliphatic rings. The highest BCUT2D eigenvalue weighted by Crippen LogP contribution is 2.25. The highest BCUT2D eigenvalue weighted by molar-refractivity contribution is 5.73. The molecule has 0 fully saturated rings. The van der Waals surface area contributed by atoms with Crippen LogP contribution < -0.4 is 0 Å². The zero-order valence-corrected chi connectivity index (χ0v) is 14.0. The largest absolute Gasteiger partial charge is 0.481 e. The van der Waals surface area contributed by atoms with Gasteiger partial charge in [-0.1, -0.05) is 65.7 Å². The minimum Gasteiger partial charge on any atom is -0.481 e. The third kappa shape index (κ3) is 13.7. The molecule has 21 heavy (non-hydrogen) atoms. The van der Waals surface area contributed by atoms with Gasteiger partial charge in [0.2, 0.25) is 0 Å². The van der Waals surface area contributed by atoms with Crippen molar-refractivity contribution in [1.29, 1.82) is 0 Å². The third-order valence-electron chi connectivity index (χ3n) is 3.51. The molecule has 0 aromatic carbocycles. The van der Waals surface area contributed by atoms with Gasteiger partial charge in [0.05, 0.1) is 19.4 Å². The lowest BCUT2D eigenvalue weighted by Crippen LogP contribution is -2.22. The second kappa shape index (κ2) is 11.6. The van der Waals surface area contributed by atoms with Crippen LogP contribution in [0.25, 0.3) is 0 Å². The Morgan fingerprint density at radius 1 is 0.905 bits per heavy atom. The highest BCUT2D eigenvalue weighted by Gasteiger charge is 2.25. The molecule has 0 bridgehead atoms. The molecule has 0 radical (unpaired) electrons. The zero-order chi connectivity index (χ0) is 16.1. The number of carboxylic acids is 1. The molecular formula is C17H32O4. The minimum atomic E-state index is -0.879. The van der Waals surface area contributed by atoms with Gasteiger partial charge in [-0.3, -0.25) is 9.59 Å². The summed E-state index contributed by atoms with van der Waals surface area (Å²) >= 11 is 0. The average molecular weight is 300 g/mol. The fourth-order valence-electron chi connectivity index (χ4n) is 2.34. The van der Waals surface area contributed by atoms with Crippen molar-refractivity contribution in [3.63, 3.8) is 0 Å². The van der Waals surface area contributed by atoms with Gasteiger partial charge in [-0.2, -0.15) is 0 Å². The first-order chi connectivity index (χ1) is 9.87. The molecule has 0 spiro atoms. The van der Waals surface area contributed by atoms with Crippen LogP contribution in [0, 0.1) is 5.41 Å². The fraction of sp³-hybridized carbons (Fsp3) is 0.882. The standard InChI is InChI=1S/C17H32O4/c1-4-5-6-7-8-9-10-11-12-21-16(20)14-17(2,3)13-15(18)19/h4-14H2,1-3H3,(H,18,19). The Balaban J connectivity index is 3.51. The third-order valence-corrected chi connectivity index (χ3v) is 3.51. The van der Waals surface area contributed by atoms with Gasteiger partial charge in [-0.15, -0.1) is 0 Å². The van der Waals surface area contributed by atoms with Crippen LogP contribution in [0.3, 0.4) is 0 Å². The molecule has 4 heteroatoms. The SMILES string of the molecule is CCCCCCCCCCOC(=O)CC(C)(C)CC(=O)O. The van der Waals surface area contributed by atoms with Crippen LogP contribution >= 0.6 is 0 Å². The van der Waals surface area contributed by atoms with Gasteiger partial charge in [0, 0.05) is 0 Å². The highest BCUT2D eigenvalue weighted by atomic mass is 16.5. The molecule has 0 aromatic rings. The average Bonchev–Trinajstić information content (AvgIpc) is 2.34. The van der Waals surface area contributed by atoms with E-state index < -0.39 is 11.4 Å². The van der Waals surface area contributed by atoms with E-state index in [9.17, 15) is 9.59 Å². The van der Waals surface area contributed by atoms with Crippen LogP contribution in [-0.4, -0.2) is 23.7 Å². The predicted octanol–water partition coefficient (Wildman–Crippen LogP) is 4.56. The van der Waals surface area contributed by atoms with Crippen LogP contribution in [-0.2, 0) is 14.3 Å². The fourth-order valence-corrected chi connectivity index (χ4v) is 2.34. The number of carbonyl (C=O) groups is 2. The second-order valence-corrected chi connectivity index (χ2v) is 6.61. The van der Waals surface area contributed by atoms with Crippen LogP contribution in [0.15, 0.2) is 0 Å². The van der Waals surface area contributed by atoms with E-state index in [1.807, 2.05) is 0 Å². The molecule has 0 atom stereocenters. The van der Waals surface area contributed by atoms with Gasteiger partial charge < -0.3 is 9.84 Å². The van der Waals surface area contributed by atoms with Crippen LogP contribution in [0.2, 0.25) is 0 Å². The van der Waals surface area contributed by atoms with E-state index in [0.717, 1.165) is 12.8 Å². The van der Waals surface area contributed by atoms with E-state index in [4.69, 9.17) is 9.84 Å². The maximum absolute atomic E-state index is 11.6. The molecule has 0 saturated heterocycles.